The molecule has 0 spiro atoms. The zero-order valence-electron chi connectivity index (χ0n) is 8.18. The number of allylic oxidation sites excluding steroid dienone is 2. The van der Waals surface area contributed by atoms with Gasteiger partial charge >= 0.3 is 0 Å². The van der Waals surface area contributed by atoms with Crippen molar-refractivity contribution in [1.29, 1.82) is 10.5 Å². The number of halogens is 1. The number of nitrogens with two attached hydrogens (primary N) is 1. The minimum Gasteiger partial charge on any atom is -0.388 e. The topological polar surface area (TPSA) is 86.0 Å². The number of hydrogen-bond donors (Lipinski definition) is 1. The van der Waals surface area contributed by atoms with Gasteiger partial charge in [-0.05, 0) is 17.7 Å². The molecule has 0 saturated carbocycles. The van der Waals surface area contributed by atoms with Crippen LogP contribution in [0.4, 0.5) is 4.39 Å². The van der Waals surface area contributed by atoms with Crippen molar-refractivity contribution < 1.29 is 4.39 Å². The summed E-state index contributed by atoms with van der Waals surface area (Å²) in [6, 6.07) is 8.85. The van der Waals surface area contributed by atoms with Gasteiger partial charge in [-0.1, -0.05) is 12.1 Å². The van der Waals surface area contributed by atoms with Gasteiger partial charge in [-0.2, -0.15) is 10.5 Å². The van der Waals surface area contributed by atoms with E-state index in [1.165, 1.54) is 30.5 Å². The molecular weight excluding hydrogens is 207 g/mol. The largest absolute Gasteiger partial charge is 0.388 e. The summed E-state index contributed by atoms with van der Waals surface area (Å²) >= 11 is 0. The van der Waals surface area contributed by atoms with E-state index in [-0.39, 0.29) is 17.2 Å². The van der Waals surface area contributed by atoms with Crippen LogP contribution < -0.4 is 5.73 Å². The van der Waals surface area contributed by atoms with Crippen LogP contribution in [0, 0.1) is 28.5 Å². The fourth-order valence-electron chi connectivity index (χ4n) is 0.900. The van der Waals surface area contributed by atoms with E-state index < -0.39 is 0 Å². The van der Waals surface area contributed by atoms with Crippen LogP contribution in [-0.4, -0.2) is 6.21 Å². The van der Waals surface area contributed by atoms with Crippen LogP contribution in [0.25, 0.3) is 0 Å². The third-order valence-electron chi connectivity index (χ3n) is 1.69. The number of nitrogens with zero attached hydrogens (tertiary/aromatic N) is 3. The first-order valence-electron chi connectivity index (χ1n) is 4.27. The Morgan fingerprint density at radius 3 is 2.38 bits per heavy atom. The lowest BCUT2D eigenvalue weighted by atomic mass is 10.2. The van der Waals surface area contributed by atoms with Gasteiger partial charge in [0.15, 0.2) is 5.70 Å². The maximum Gasteiger partial charge on any atom is 0.174 e. The van der Waals surface area contributed by atoms with Crippen molar-refractivity contribution in [3.63, 3.8) is 0 Å². The highest BCUT2D eigenvalue weighted by Gasteiger charge is 1.98. The molecule has 16 heavy (non-hydrogen) atoms. The van der Waals surface area contributed by atoms with Gasteiger partial charge in [0, 0.05) is 6.21 Å². The van der Waals surface area contributed by atoms with Gasteiger partial charge in [0.1, 0.15) is 23.7 Å². The van der Waals surface area contributed by atoms with E-state index in [9.17, 15) is 4.39 Å². The lowest BCUT2D eigenvalue weighted by Gasteiger charge is -1.93. The molecule has 0 aromatic heterocycles. The Hall–Kier alpha value is -2.66. The van der Waals surface area contributed by atoms with E-state index >= 15 is 0 Å². The van der Waals surface area contributed by atoms with Crippen molar-refractivity contribution in [2.24, 2.45) is 10.7 Å². The summed E-state index contributed by atoms with van der Waals surface area (Å²) in [6.45, 7) is 0. The van der Waals surface area contributed by atoms with Crippen LogP contribution in [0.2, 0.25) is 0 Å². The number of benzene rings is 1. The molecule has 0 bridgehead atoms. The van der Waals surface area contributed by atoms with Crippen molar-refractivity contribution in [2.75, 3.05) is 0 Å². The number of hydrogen-bond acceptors (Lipinski definition) is 4. The molecule has 0 radical (unpaired) electrons. The quantitative estimate of drug-likeness (QED) is 0.597. The van der Waals surface area contributed by atoms with Crippen LogP contribution in [0.5, 0.6) is 0 Å². The lowest BCUT2D eigenvalue weighted by molar-refractivity contribution is 0.628. The zero-order chi connectivity index (χ0) is 12.0. The third kappa shape index (κ3) is 2.93. The van der Waals surface area contributed by atoms with Crippen molar-refractivity contribution in [2.45, 2.75) is 0 Å². The normalized spacial score (nSPS) is 11.7. The van der Waals surface area contributed by atoms with E-state index in [0.29, 0.717) is 5.56 Å². The molecule has 1 rings (SSSR count). The van der Waals surface area contributed by atoms with Crippen molar-refractivity contribution in [3.8, 4) is 12.1 Å². The summed E-state index contributed by atoms with van der Waals surface area (Å²) < 4.78 is 12.6. The van der Waals surface area contributed by atoms with Gasteiger partial charge in [0.25, 0.3) is 0 Å². The molecule has 0 atom stereocenters. The lowest BCUT2D eigenvalue weighted by Crippen LogP contribution is -1.97. The fraction of sp³-hybridized carbons (Fsp3) is 0. The van der Waals surface area contributed by atoms with Crippen LogP contribution in [0.1, 0.15) is 5.56 Å². The molecule has 0 heterocycles. The van der Waals surface area contributed by atoms with Gasteiger partial charge in [-0.15, -0.1) is 0 Å². The summed E-state index contributed by atoms with van der Waals surface area (Å²) in [4.78, 5) is 3.74. The number of nitriles is 2. The second kappa shape index (κ2) is 5.28. The molecule has 0 aliphatic carbocycles. The average Bonchev–Trinajstić information content (AvgIpc) is 2.31. The average molecular weight is 214 g/mol. The van der Waals surface area contributed by atoms with Crippen LogP contribution in [0.3, 0.4) is 0 Å². The third-order valence-corrected chi connectivity index (χ3v) is 1.69. The first kappa shape index (κ1) is 11.4. The summed E-state index contributed by atoms with van der Waals surface area (Å²) in [5, 5.41) is 17.1. The Balaban J connectivity index is 2.94. The van der Waals surface area contributed by atoms with E-state index in [1.807, 2.05) is 0 Å². The first-order chi connectivity index (χ1) is 7.67. The van der Waals surface area contributed by atoms with Gasteiger partial charge < -0.3 is 5.73 Å². The summed E-state index contributed by atoms with van der Waals surface area (Å²) in [6.07, 6.45) is 1.34. The molecule has 1 aromatic carbocycles. The maximum atomic E-state index is 12.6. The second-order valence-corrected chi connectivity index (χ2v) is 2.80. The minimum absolute atomic E-state index is 0.160. The van der Waals surface area contributed by atoms with E-state index in [4.69, 9.17) is 16.3 Å². The van der Waals surface area contributed by atoms with Crippen molar-refractivity contribution in [1.82, 2.24) is 0 Å². The molecule has 0 saturated heterocycles. The van der Waals surface area contributed by atoms with Gasteiger partial charge in [-0.25, -0.2) is 9.38 Å². The summed E-state index contributed by atoms with van der Waals surface area (Å²) in [5.41, 5.74) is 5.44. The standard InChI is InChI=1S/C11H7FN4/c12-9-3-1-8(2-4-9)7-16-11(6-14)10(15)5-13/h1-4,7H,15H2. The highest BCUT2D eigenvalue weighted by Crippen LogP contribution is 2.03. The van der Waals surface area contributed by atoms with E-state index in [0.717, 1.165) is 0 Å². The molecular formula is C11H7FN4. The Morgan fingerprint density at radius 2 is 1.88 bits per heavy atom. The first-order valence-corrected chi connectivity index (χ1v) is 4.27. The molecule has 0 amide bonds. The van der Waals surface area contributed by atoms with Crippen molar-refractivity contribution >= 4 is 6.21 Å². The summed E-state index contributed by atoms with van der Waals surface area (Å²) in [5.74, 6) is -0.357. The zero-order valence-corrected chi connectivity index (χ0v) is 8.18. The molecule has 0 aliphatic rings. The monoisotopic (exact) mass is 214 g/mol. The molecule has 1 aromatic rings. The van der Waals surface area contributed by atoms with E-state index in [1.54, 1.807) is 12.1 Å². The highest BCUT2D eigenvalue weighted by atomic mass is 19.1. The Kier molecular flexibility index (Phi) is 3.77. The van der Waals surface area contributed by atoms with Crippen LogP contribution in [-0.2, 0) is 0 Å². The minimum atomic E-state index is -0.357. The SMILES string of the molecule is N#CC(N)=C(C#N)N=Cc1ccc(F)cc1. The summed E-state index contributed by atoms with van der Waals surface area (Å²) in [7, 11) is 0. The molecule has 5 heteroatoms. The van der Waals surface area contributed by atoms with Crippen LogP contribution in [0.15, 0.2) is 40.7 Å². The Bertz CT molecular complexity index is 514. The highest BCUT2D eigenvalue weighted by molar-refractivity contribution is 5.80. The van der Waals surface area contributed by atoms with Gasteiger partial charge in [-0.3, -0.25) is 0 Å². The predicted molar refractivity (Wildman–Crippen MR) is 56.4 cm³/mol. The molecule has 2 N–H and O–H groups in total. The molecule has 78 valence electrons. The van der Waals surface area contributed by atoms with Gasteiger partial charge in [0.05, 0.1) is 0 Å². The number of aliphatic imine (C=N–C) groups is 1. The fourth-order valence-corrected chi connectivity index (χ4v) is 0.900. The molecule has 0 aliphatic heterocycles. The van der Waals surface area contributed by atoms with Crippen LogP contribution >= 0.6 is 0 Å². The number of rotatable bonds is 2. The predicted octanol–water partition coefficient (Wildman–Crippen LogP) is 1.46. The molecule has 4 nitrogen and oxygen atoms in total. The molecule has 0 unspecified atom stereocenters. The second-order valence-electron chi connectivity index (χ2n) is 2.80. The molecule has 0 fully saturated rings. The maximum absolute atomic E-state index is 12.6. The Morgan fingerprint density at radius 1 is 1.25 bits per heavy atom. The van der Waals surface area contributed by atoms with E-state index in [2.05, 4.69) is 4.99 Å². The Labute approximate surface area is 91.8 Å². The smallest absolute Gasteiger partial charge is 0.174 e. The van der Waals surface area contributed by atoms with Gasteiger partial charge in [0.2, 0.25) is 0 Å². The van der Waals surface area contributed by atoms with Crippen molar-refractivity contribution in [3.05, 3.63) is 47.0 Å².